The van der Waals surface area contributed by atoms with Crippen LogP contribution in [0.4, 0.5) is 39.5 Å². The standard InChI is InChI=1S/C14H14F9NO7S3/c1-3-8(2)9-4-6-10(7-5-9)31-34(29,30)13(19,20)11(15,16)12(17,18)32(25,26)24-33(27,28)14(21,22)23/h4-8,24H,3H2,1-2H3. The van der Waals surface area contributed by atoms with Gasteiger partial charge in [-0.1, -0.05) is 30.1 Å². The van der Waals surface area contributed by atoms with Gasteiger partial charge in [-0.05, 0) is 30.0 Å². The molecule has 1 rings (SSSR count). The summed E-state index contributed by atoms with van der Waals surface area (Å²) in [6, 6.07) is 3.58. The van der Waals surface area contributed by atoms with Crippen LogP contribution in [0.2, 0.25) is 0 Å². The van der Waals surface area contributed by atoms with Crippen molar-refractivity contribution in [1.82, 2.24) is 4.13 Å². The van der Waals surface area contributed by atoms with Gasteiger partial charge in [0.2, 0.25) is 0 Å². The predicted octanol–water partition coefficient (Wildman–Crippen LogP) is 3.50. The van der Waals surface area contributed by atoms with E-state index in [0.29, 0.717) is 24.1 Å². The van der Waals surface area contributed by atoms with Crippen LogP contribution in [-0.2, 0) is 30.2 Å². The summed E-state index contributed by atoms with van der Waals surface area (Å²) in [5.74, 6) is -8.77. The Balaban J connectivity index is 3.42. The molecule has 1 atom stereocenters. The Labute approximate surface area is 187 Å². The number of benzene rings is 1. The smallest absolute Gasteiger partial charge is 0.378 e. The van der Waals surface area contributed by atoms with Crippen molar-refractivity contribution in [1.29, 1.82) is 0 Å². The number of hydrogen-bond donors (Lipinski definition) is 1. The molecular formula is C14H14F9NO7S3. The van der Waals surface area contributed by atoms with Gasteiger partial charge in [0.15, 0.2) is 0 Å². The van der Waals surface area contributed by atoms with Gasteiger partial charge in [0.05, 0.1) is 0 Å². The summed E-state index contributed by atoms with van der Waals surface area (Å²) in [5, 5.41) is -14.5. The summed E-state index contributed by atoms with van der Waals surface area (Å²) >= 11 is 0. The summed E-state index contributed by atoms with van der Waals surface area (Å²) in [6.45, 7) is 3.43. The van der Waals surface area contributed by atoms with Gasteiger partial charge >= 0.3 is 42.1 Å². The van der Waals surface area contributed by atoms with Gasteiger partial charge < -0.3 is 4.18 Å². The lowest BCUT2D eigenvalue weighted by atomic mass is 9.99. The highest BCUT2D eigenvalue weighted by Gasteiger charge is 2.83. The van der Waals surface area contributed by atoms with Crippen molar-refractivity contribution >= 4 is 30.2 Å². The van der Waals surface area contributed by atoms with E-state index < -0.39 is 62.0 Å². The number of alkyl halides is 9. The fourth-order valence-corrected chi connectivity index (χ4v) is 5.40. The van der Waals surface area contributed by atoms with Gasteiger partial charge in [0.25, 0.3) is 10.0 Å². The Morgan fingerprint density at radius 3 is 1.62 bits per heavy atom. The first-order chi connectivity index (χ1) is 14.9. The second kappa shape index (κ2) is 9.01. The molecular weight excluding hydrogens is 561 g/mol. The maximum absolute atomic E-state index is 14.0. The van der Waals surface area contributed by atoms with Crippen LogP contribution < -0.4 is 8.31 Å². The van der Waals surface area contributed by atoms with Gasteiger partial charge in [-0.2, -0.15) is 47.9 Å². The van der Waals surface area contributed by atoms with E-state index in [-0.39, 0.29) is 5.92 Å². The first-order valence-electron chi connectivity index (χ1n) is 8.39. The van der Waals surface area contributed by atoms with Crippen LogP contribution in [0.5, 0.6) is 5.75 Å². The third-order valence-electron chi connectivity index (χ3n) is 4.17. The molecule has 34 heavy (non-hydrogen) atoms. The molecule has 0 amide bonds. The van der Waals surface area contributed by atoms with E-state index in [2.05, 4.69) is 4.18 Å². The molecule has 0 spiro atoms. The van der Waals surface area contributed by atoms with Crippen molar-refractivity contribution in [3.8, 4) is 5.75 Å². The van der Waals surface area contributed by atoms with Gasteiger partial charge in [-0.25, -0.2) is 16.8 Å². The zero-order valence-electron chi connectivity index (χ0n) is 16.6. The lowest BCUT2D eigenvalue weighted by molar-refractivity contribution is -0.245. The van der Waals surface area contributed by atoms with Crippen LogP contribution in [0, 0.1) is 0 Å². The Bertz CT molecular complexity index is 1210. The topological polar surface area (TPSA) is 124 Å². The summed E-state index contributed by atoms with van der Waals surface area (Å²) in [5.41, 5.74) is -6.15. The number of nitrogens with one attached hydrogen (secondary N) is 1. The molecule has 0 bridgehead atoms. The number of hydrogen-bond acceptors (Lipinski definition) is 7. The zero-order chi connectivity index (χ0) is 27.2. The predicted molar refractivity (Wildman–Crippen MR) is 96.6 cm³/mol. The lowest BCUT2D eigenvalue weighted by Crippen LogP contribution is -2.64. The van der Waals surface area contributed by atoms with Crippen LogP contribution >= 0.6 is 0 Å². The van der Waals surface area contributed by atoms with Crippen molar-refractivity contribution in [2.24, 2.45) is 0 Å². The fourth-order valence-electron chi connectivity index (χ4n) is 2.01. The highest BCUT2D eigenvalue weighted by molar-refractivity contribution is 8.05. The Kier molecular flexibility index (Phi) is 8.01. The van der Waals surface area contributed by atoms with Crippen molar-refractivity contribution < 1.29 is 69.0 Å². The van der Waals surface area contributed by atoms with Crippen molar-refractivity contribution in [3.63, 3.8) is 0 Å². The number of halogens is 9. The van der Waals surface area contributed by atoms with Crippen molar-refractivity contribution in [2.75, 3.05) is 0 Å². The van der Waals surface area contributed by atoms with Gasteiger partial charge in [-0.15, -0.1) is 0 Å². The first-order valence-corrected chi connectivity index (χ1v) is 12.8. The summed E-state index contributed by atoms with van der Waals surface area (Å²) in [6.07, 6.45) is 0.560. The molecule has 0 aliphatic carbocycles. The van der Waals surface area contributed by atoms with E-state index in [0.717, 1.165) is 12.1 Å². The molecule has 0 aromatic heterocycles. The molecule has 0 fully saturated rings. The molecule has 0 aliphatic heterocycles. The second-order valence-electron chi connectivity index (χ2n) is 6.56. The molecule has 0 heterocycles. The molecule has 1 aromatic carbocycles. The molecule has 0 saturated heterocycles. The van der Waals surface area contributed by atoms with Crippen molar-refractivity contribution in [3.05, 3.63) is 29.8 Å². The summed E-state index contributed by atoms with van der Waals surface area (Å²) < 4.78 is 190. The highest BCUT2D eigenvalue weighted by atomic mass is 32.3. The Hall–Kier alpha value is -1.80. The van der Waals surface area contributed by atoms with E-state index >= 15 is 0 Å². The SMILES string of the molecule is CCC(C)c1ccc(OS(=O)(=O)C(F)(F)C(F)(F)C(F)(F)S(=O)(=O)NS(=O)(=O)C(F)(F)F)cc1. The van der Waals surface area contributed by atoms with Crippen LogP contribution in [0.1, 0.15) is 31.7 Å². The van der Waals surface area contributed by atoms with E-state index in [4.69, 9.17) is 0 Å². The molecule has 8 nitrogen and oxygen atoms in total. The zero-order valence-corrected chi connectivity index (χ0v) is 19.0. The van der Waals surface area contributed by atoms with E-state index in [1.165, 1.54) is 0 Å². The Morgan fingerprint density at radius 2 is 1.24 bits per heavy atom. The van der Waals surface area contributed by atoms with Gasteiger partial charge in [0.1, 0.15) is 5.75 Å². The minimum atomic E-state index is -7.83. The van der Waals surface area contributed by atoms with Crippen molar-refractivity contribution in [2.45, 2.75) is 48.1 Å². The minimum Gasteiger partial charge on any atom is -0.378 e. The molecule has 198 valence electrons. The molecule has 0 aliphatic rings. The van der Waals surface area contributed by atoms with E-state index in [1.807, 2.05) is 0 Å². The fraction of sp³-hybridized carbons (Fsp3) is 0.571. The normalized spacial score (nSPS) is 15.7. The quantitative estimate of drug-likeness (QED) is 0.335. The van der Waals surface area contributed by atoms with Crippen LogP contribution in [0.25, 0.3) is 0 Å². The molecule has 1 N–H and O–H groups in total. The number of rotatable bonds is 10. The van der Waals surface area contributed by atoms with Crippen LogP contribution in [0.15, 0.2) is 24.3 Å². The van der Waals surface area contributed by atoms with Crippen LogP contribution in [-0.4, -0.2) is 47.2 Å². The molecule has 1 unspecified atom stereocenters. The average Bonchev–Trinajstić information content (AvgIpc) is 2.65. The molecule has 20 heteroatoms. The maximum Gasteiger partial charge on any atom is 0.512 e. The lowest BCUT2D eigenvalue weighted by Gasteiger charge is -2.31. The summed E-state index contributed by atoms with van der Waals surface area (Å²) in [7, 11) is -22.3. The number of sulfonamides is 2. The van der Waals surface area contributed by atoms with Gasteiger partial charge in [0, 0.05) is 0 Å². The highest BCUT2D eigenvalue weighted by Crippen LogP contribution is 2.51. The Morgan fingerprint density at radius 1 is 0.794 bits per heavy atom. The summed E-state index contributed by atoms with van der Waals surface area (Å²) in [4.78, 5) is 0. The van der Waals surface area contributed by atoms with E-state index in [1.54, 1.807) is 13.8 Å². The first kappa shape index (κ1) is 30.2. The monoisotopic (exact) mass is 575 g/mol. The molecule has 0 radical (unpaired) electrons. The largest absolute Gasteiger partial charge is 0.512 e. The van der Waals surface area contributed by atoms with Gasteiger partial charge in [-0.3, -0.25) is 0 Å². The second-order valence-corrected chi connectivity index (χ2v) is 11.8. The van der Waals surface area contributed by atoms with Crippen LogP contribution in [0.3, 0.4) is 0 Å². The average molecular weight is 575 g/mol. The molecule has 1 aromatic rings. The van der Waals surface area contributed by atoms with E-state index in [9.17, 15) is 64.8 Å². The molecule has 0 saturated carbocycles. The third-order valence-corrected chi connectivity index (χ3v) is 8.77. The third kappa shape index (κ3) is 5.23. The minimum absolute atomic E-state index is 0.138. The maximum atomic E-state index is 14.0.